The molecule has 1 aromatic rings. The van der Waals surface area contributed by atoms with Crippen molar-refractivity contribution in [2.45, 2.75) is 31.6 Å². The first-order chi connectivity index (χ1) is 8.43. The maximum Gasteiger partial charge on any atom is 0.246 e. The molecule has 0 aliphatic rings. The summed E-state index contributed by atoms with van der Waals surface area (Å²) in [5.41, 5.74) is 0. The van der Waals surface area contributed by atoms with Crippen LogP contribution in [-0.4, -0.2) is 25.8 Å². The highest BCUT2D eigenvalue weighted by molar-refractivity contribution is 7.89. The van der Waals surface area contributed by atoms with Gasteiger partial charge in [-0.2, -0.15) is 4.31 Å². The van der Waals surface area contributed by atoms with Crippen molar-refractivity contribution in [1.29, 1.82) is 0 Å². The van der Waals surface area contributed by atoms with E-state index in [2.05, 4.69) is 0 Å². The Balaban J connectivity index is 3.14. The predicted octanol–water partition coefficient (Wildman–Crippen LogP) is 2.78. The number of rotatable bonds is 6. The second kappa shape index (κ2) is 6.24. The molecule has 0 unspecified atom stereocenters. The van der Waals surface area contributed by atoms with E-state index in [9.17, 15) is 17.2 Å². The molecule has 0 aliphatic heterocycles. The van der Waals surface area contributed by atoms with Crippen LogP contribution in [0, 0.1) is 11.6 Å². The minimum atomic E-state index is -3.96. The number of hydrogen-bond acceptors (Lipinski definition) is 2. The summed E-state index contributed by atoms with van der Waals surface area (Å²) in [6, 6.07) is 2.45. The zero-order valence-electron chi connectivity index (χ0n) is 10.5. The first-order valence-electron chi connectivity index (χ1n) is 5.88. The van der Waals surface area contributed by atoms with Crippen LogP contribution in [0.3, 0.4) is 0 Å². The molecule has 3 nitrogen and oxygen atoms in total. The number of unbranched alkanes of at least 4 members (excludes halogenated alkanes) is 1. The molecular formula is C12H17F2NO2S. The molecule has 0 spiro atoms. The average Bonchev–Trinajstić information content (AvgIpc) is 2.33. The summed E-state index contributed by atoms with van der Waals surface area (Å²) in [5, 5.41) is 0. The topological polar surface area (TPSA) is 37.4 Å². The van der Waals surface area contributed by atoms with Gasteiger partial charge in [0.25, 0.3) is 0 Å². The van der Waals surface area contributed by atoms with Gasteiger partial charge >= 0.3 is 0 Å². The van der Waals surface area contributed by atoms with E-state index in [0.29, 0.717) is 13.0 Å². The SMILES string of the molecule is CCCCN(CC)S(=O)(=O)c1cc(F)ccc1F. The maximum atomic E-state index is 13.5. The predicted molar refractivity (Wildman–Crippen MR) is 65.7 cm³/mol. The Morgan fingerprint density at radius 3 is 2.44 bits per heavy atom. The first kappa shape index (κ1) is 15.0. The molecular weight excluding hydrogens is 260 g/mol. The van der Waals surface area contributed by atoms with Gasteiger partial charge in [-0.3, -0.25) is 0 Å². The minimum absolute atomic E-state index is 0.234. The van der Waals surface area contributed by atoms with Gasteiger partial charge in [0.15, 0.2) is 0 Å². The van der Waals surface area contributed by atoms with Crippen molar-refractivity contribution < 1.29 is 17.2 Å². The van der Waals surface area contributed by atoms with Gasteiger partial charge in [-0.25, -0.2) is 17.2 Å². The highest BCUT2D eigenvalue weighted by Gasteiger charge is 2.26. The average molecular weight is 277 g/mol. The van der Waals surface area contributed by atoms with Crippen LogP contribution < -0.4 is 0 Å². The van der Waals surface area contributed by atoms with Crippen LogP contribution in [0.1, 0.15) is 26.7 Å². The van der Waals surface area contributed by atoms with Crippen molar-refractivity contribution in [3.63, 3.8) is 0 Å². The monoisotopic (exact) mass is 277 g/mol. The number of nitrogens with zero attached hydrogens (tertiary/aromatic N) is 1. The third kappa shape index (κ3) is 3.26. The Labute approximate surface area is 106 Å². The van der Waals surface area contributed by atoms with Crippen LogP contribution in [0.4, 0.5) is 8.78 Å². The third-order valence-corrected chi connectivity index (χ3v) is 4.61. The van der Waals surface area contributed by atoms with Gasteiger partial charge in [0.05, 0.1) is 0 Å². The lowest BCUT2D eigenvalue weighted by Crippen LogP contribution is -2.32. The third-order valence-electron chi connectivity index (χ3n) is 2.62. The van der Waals surface area contributed by atoms with Crippen LogP contribution >= 0.6 is 0 Å². The van der Waals surface area contributed by atoms with Gasteiger partial charge in [0, 0.05) is 13.1 Å². The minimum Gasteiger partial charge on any atom is -0.207 e. The quantitative estimate of drug-likeness (QED) is 0.802. The standard InChI is InChI=1S/C12H17F2NO2S/c1-3-5-8-15(4-2)18(16,17)12-9-10(13)6-7-11(12)14/h6-7,9H,3-5,8H2,1-2H3. The lowest BCUT2D eigenvalue weighted by atomic mass is 10.3. The lowest BCUT2D eigenvalue weighted by Gasteiger charge is -2.20. The fraction of sp³-hybridized carbons (Fsp3) is 0.500. The molecule has 0 saturated carbocycles. The van der Waals surface area contributed by atoms with Crippen LogP contribution in [0.25, 0.3) is 0 Å². The summed E-state index contributed by atoms with van der Waals surface area (Å²) in [6.45, 7) is 4.15. The van der Waals surface area contributed by atoms with E-state index in [1.165, 1.54) is 0 Å². The summed E-state index contributed by atoms with van der Waals surface area (Å²) in [5.74, 6) is -1.69. The lowest BCUT2D eigenvalue weighted by molar-refractivity contribution is 0.414. The molecule has 0 aliphatic carbocycles. The highest BCUT2D eigenvalue weighted by atomic mass is 32.2. The number of sulfonamides is 1. The van der Waals surface area contributed by atoms with Crippen molar-refractivity contribution in [3.05, 3.63) is 29.8 Å². The van der Waals surface area contributed by atoms with Crippen molar-refractivity contribution >= 4 is 10.0 Å². The molecule has 0 fully saturated rings. The summed E-state index contributed by atoms with van der Waals surface area (Å²) < 4.78 is 52.0. The molecule has 0 atom stereocenters. The summed E-state index contributed by atoms with van der Waals surface area (Å²) in [4.78, 5) is -0.597. The first-order valence-corrected chi connectivity index (χ1v) is 7.32. The van der Waals surface area contributed by atoms with E-state index in [4.69, 9.17) is 0 Å². The molecule has 0 amide bonds. The smallest absolute Gasteiger partial charge is 0.207 e. The summed E-state index contributed by atoms with van der Waals surface area (Å²) in [7, 11) is -3.96. The zero-order valence-corrected chi connectivity index (χ0v) is 11.3. The number of hydrogen-bond donors (Lipinski definition) is 0. The van der Waals surface area contributed by atoms with Gasteiger partial charge in [0.1, 0.15) is 16.5 Å². The molecule has 6 heteroatoms. The van der Waals surface area contributed by atoms with Crippen molar-refractivity contribution in [3.8, 4) is 0 Å². The van der Waals surface area contributed by atoms with Gasteiger partial charge < -0.3 is 0 Å². The normalized spacial score (nSPS) is 12.1. The molecule has 18 heavy (non-hydrogen) atoms. The molecule has 0 N–H and O–H groups in total. The van der Waals surface area contributed by atoms with E-state index >= 15 is 0 Å². The van der Waals surface area contributed by atoms with Gasteiger partial charge in [0.2, 0.25) is 10.0 Å². The Morgan fingerprint density at radius 1 is 1.22 bits per heavy atom. The van der Waals surface area contributed by atoms with Crippen LogP contribution in [0.5, 0.6) is 0 Å². The second-order valence-electron chi connectivity index (χ2n) is 3.93. The van der Waals surface area contributed by atoms with E-state index in [-0.39, 0.29) is 6.54 Å². The number of benzene rings is 1. The highest BCUT2D eigenvalue weighted by Crippen LogP contribution is 2.20. The Hall–Kier alpha value is -1.01. The van der Waals surface area contributed by atoms with Crippen LogP contribution in [0.2, 0.25) is 0 Å². The Morgan fingerprint density at radius 2 is 1.89 bits per heavy atom. The maximum absolute atomic E-state index is 13.5. The second-order valence-corrected chi connectivity index (χ2v) is 5.83. The van der Waals surface area contributed by atoms with E-state index in [0.717, 1.165) is 28.9 Å². The molecule has 0 radical (unpaired) electrons. The molecule has 1 rings (SSSR count). The fourth-order valence-corrected chi connectivity index (χ4v) is 3.16. The number of halogens is 2. The van der Waals surface area contributed by atoms with Gasteiger partial charge in [-0.1, -0.05) is 20.3 Å². The molecule has 1 aromatic carbocycles. The van der Waals surface area contributed by atoms with Crippen LogP contribution in [0.15, 0.2) is 23.1 Å². The molecule has 0 bridgehead atoms. The molecule has 0 saturated heterocycles. The Bertz CT molecular complexity index is 503. The zero-order chi connectivity index (χ0) is 13.8. The summed E-state index contributed by atoms with van der Waals surface area (Å²) in [6.07, 6.45) is 1.52. The fourth-order valence-electron chi connectivity index (χ4n) is 1.60. The van der Waals surface area contributed by atoms with E-state index in [1.807, 2.05) is 6.92 Å². The molecule has 0 aromatic heterocycles. The largest absolute Gasteiger partial charge is 0.246 e. The van der Waals surface area contributed by atoms with E-state index < -0.39 is 26.6 Å². The molecule has 102 valence electrons. The van der Waals surface area contributed by atoms with Crippen molar-refractivity contribution in [1.82, 2.24) is 4.31 Å². The molecule has 0 heterocycles. The van der Waals surface area contributed by atoms with Crippen molar-refractivity contribution in [2.24, 2.45) is 0 Å². The van der Waals surface area contributed by atoms with Gasteiger partial charge in [-0.05, 0) is 24.6 Å². The van der Waals surface area contributed by atoms with E-state index in [1.54, 1.807) is 6.92 Å². The van der Waals surface area contributed by atoms with Crippen molar-refractivity contribution in [2.75, 3.05) is 13.1 Å². The summed E-state index contributed by atoms with van der Waals surface area (Å²) >= 11 is 0. The van der Waals surface area contributed by atoms with Gasteiger partial charge in [-0.15, -0.1) is 0 Å². The Kier molecular flexibility index (Phi) is 5.22. The van der Waals surface area contributed by atoms with Crippen LogP contribution in [-0.2, 0) is 10.0 Å².